The molecule has 20 heavy (non-hydrogen) atoms. The Kier molecular flexibility index (Phi) is 5.34. The first-order valence-electron chi connectivity index (χ1n) is 7.13. The second kappa shape index (κ2) is 7.02. The van der Waals surface area contributed by atoms with Crippen molar-refractivity contribution >= 4 is 27.3 Å². The third-order valence-corrected chi connectivity index (χ3v) is 4.79. The Bertz CT molecular complexity index is 473. The van der Waals surface area contributed by atoms with Gasteiger partial charge in [-0.1, -0.05) is 26.2 Å². The molecule has 1 aromatic rings. The van der Waals surface area contributed by atoms with E-state index in [2.05, 4.69) is 33.2 Å². The molecule has 0 aliphatic heterocycles. The van der Waals surface area contributed by atoms with E-state index in [9.17, 15) is 10.1 Å². The second-order valence-electron chi connectivity index (χ2n) is 5.45. The highest BCUT2D eigenvalue weighted by molar-refractivity contribution is 9.10. The van der Waals surface area contributed by atoms with Gasteiger partial charge in [-0.25, -0.2) is 0 Å². The minimum Gasteiger partial charge on any atom is -0.378 e. The van der Waals surface area contributed by atoms with Crippen LogP contribution >= 0.6 is 15.9 Å². The number of hydrogen-bond donors (Lipinski definition) is 1. The lowest BCUT2D eigenvalue weighted by Crippen LogP contribution is -2.21. The first-order chi connectivity index (χ1) is 9.61. The Morgan fingerprint density at radius 3 is 2.60 bits per heavy atom. The fourth-order valence-corrected chi connectivity index (χ4v) is 3.29. The molecule has 1 saturated carbocycles. The summed E-state index contributed by atoms with van der Waals surface area (Å²) in [5.41, 5.74) is 0.573. The normalized spacial score (nSPS) is 22.5. The topological polar surface area (TPSA) is 68.1 Å². The molecule has 5 nitrogen and oxygen atoms in total. The molecule has 0 spiro atoms. The van der Waals surface area contributed by atoms with Crippen molar-refractivity contribution in [2.24, 2.45) is 11.8 Å². The van der Waals surface area contributed by atoms with Crippen molar-refractivity contribution in [1.29, 1.82) is 0 Å². The van der Waals surface area contributed by atoms with E-state index >= 15 is 0 Å². The van der Waals surface area contributed by atoms with E-state index in [-0.39, 0.29) is 5.69 Å². The molecular formula is C14H20BrN3O2. The van der Waals surface area contributed by atoms with Crippen LogP contribution in [0.25, 0.3) is 0 Å². The summed E-state index contributed by atoms with van der Waals surface area (Å²) in [6.07, 6.45) is 9.13. The first-order valence-corrected chi connectivity index (χ1v) is 7.92. The Hall–Kier alpha value is -1.17. The average molecular weight is 342 g/mol. The average Bonchev–Trinajstić information content (AvgIpc) is 2.46. The molecule has 0 radical (unpaired) electrons. The largest absolute Gasteiger partial charge is 0.378 e. The Morgan fingerprint density at radius 1 is 1.35 bits per heavy atom. The molecular weight excluding hydrogens is 322 g/mol. The van der Waals surface area contributed by atoms with Crippen LogP contribution in [0, 0.1) is 22.0 Å². The molecule has 1 aliphatic rings. The van der Waals surface area contributed by atoms with Gasteiger partial charge in [-0.05, 0) is 40.6 Å². The lowest BCUT2D eigenvalue weighted by Gasteiger charge is -2.28. The van der Waals surface area contributed by atoms with Crippen LogP contribution in [0.1, 0.15) is 39.0 Å². The fraction of sp³-hybridized carbons (Fsp3) is 0.643. The molecule has 110 valence electrons. The molecule has 1 aliphatic carbocycles. The van der Waals surface area contributed by atoms with Crippen LogP contribution in [0.3, 0.4) is 0 Å². The molecule has 0 bridgehead atoms. The maximum atomic E-state index is 11.0. The first kappa shape index (κ1) is 15.2. The summed E-state index contributed by atoms with van der Waals surface area (Å²) in [5, 5.41) is 14.2. The zero-order chi connectivity index (χ0) is 14.5. The lowest BCUT2D eigenvalue weighted by atomic mass is 9.81. The molecule has 1 fully saturated rings. The third-order valence-electron chi connectivity index (χ3n) is 4.19. The number of aromatic nitrogens is 1. The number of nitrogens with zero attached hydrogens (tertiary/aromatic N) is 2. The summed E-state index contributed by atoms with van der Waals surface area (Å²) in [7, 11) is 0. The van der Waals surface area contributed by atoms with E-state index < -0.39 is 4.92 Å². The number of hydrogen-bond acceptors (Lipinski definition) is 4. The highest BCUT2D eigenvalue weighted by atomic mass is 79.9. The van der Waals surface area contributed by atoms with Crippen LogP contribution in [0.2, 0.25) is 0 Å². The quantitative estimate of drug-likeness (QED) is 0.637. The van der Waals surface area contributed by atoms with Crippen molar-refractivity contribution in [1.82, 2.24) is 4.98 Å². The van der Waals surface area contributed by atoms with Gasteiger partial charge in [0.15, 0.2) is 0 Å². The van der Waals surface area contributed by atoms with E-state index in [1.807, 2.05) is 0 Å². The summed E-state index contributed by atoms with van der Waals surface area (Å²) in [5.74, 6) is 1.48. The summed E-state index contributed by atoms with van der Waals surface area (Å²) in [6.45, 7) is 3.04. The number of anilines is 1. The summed E-state index contributed by atoms with van der Waals surface area (Å²) < 4.78 is 0.647. The molecule has 1 N–H and O–H groups in total. The van der Waals surface area contributed by atoms with Gasteiger partial charge in [0.2, 0.25) is 0 Å². The number of pyridine rings is 1. The molecule has 0 unspecified atom stereocenters. The molecule has 2 rings (SSSR count). The fourth-order valence-electron chi connectivity index (χ4n) is 2.83. The molecule has 6 heteroatoms. The van der Waals surface area contributed by atoms with Gasteiger partial charge in [0.1, 0.15) is 11.9 Å². The smallest absolute Gasteiger partial charge is 0.311 e. The van der Waals surface area contributed by atoms with Crippen molar-refractivity contribution in [3.63, 3.8) is 0 Å². The molecule has 0 aromatic carbocycles. The molecule has 1 aromatic heterocycles. The van der Waals surface area contributed by atoms with E-state index in [0.717, 1.165) is 12.5 Å². The van der Waals surface area contributed by atoms with E-state index in [1.54, 1.807) is 6.20 Å². The van der Waals surface area contributed by atoms with Crippen LogP contribution in [-0.2, 0) is 0 Å². The predicted molar refractivity (Wildman–Crippen MR) is 82.8 cm³/mol. The lowest BCUT2D eigenvalue weighted by molar-refractivity contribution is -0.384. The van der Waals surface area contributed by atoms with Gasteiger partial charge in [0.25, 0.3) is 0 Å². The Morgan fingerprint density at radius 2 is 2.00 bits per heavy atom. The SMILES string of the molecule is CCC1CCC(CNc2c(Br)cncc2[N+](=O)[O-])CC1. The minimum absolute atomic E-state index is 0.0293. The standard InChI is InChI=1S/C14H20BrN3O2/c1-2-10-3-5-11(6-4-10)7-17-14-12(15)8-16-9-13(14)18(19)20/h8-11H,2-7H2,1H3,(H,16,17). The van der Waals surface area contributed by atoms with Gasteiger partial charge in [0.05, 0.1) is 9.40 Å². The van der Waals surface area contributed by atoms with Crippen molar-refractivity contribution in [2.45, 2.75) is 39.0 Å². The van der Waals surface area contributed by atoms with Crippen LogP contribution < -0.4 is 5.32 Å². The predicted octanol–water partition coefficient (Wildman–Crippen LogP) is 4.38. The summed E-state index contributed by atoms with van der Waals surface area (Å²) in [4.78, 5) is 14.5. The van der Waals surface area contributed by atoms with Crippen molar-refractivity contribution in [2.75, 3.05) is 11.9 Å². The van der Waals surface area contributed by atoms with Crippen LogP contribution in [0.15, 0.2) is 16.9 Å². The molecule has 1 heterocycles. The number of nitrogens with one attached hydrogen (secondary N) is 1. The van der Waals surface area contributed by atoms with Crippen molar-refractivity contribution < 1.29 is 4.92 Å². The van der Waals surface area contributed by atoms with Gasteiger partial charge >= 0.3 is 5.69 Å². The van der Waals surface area contributed by atoms with Crippen molar-refractivity contribution in [3.8, 4) is 0 Å². The van der Waals surface area contributed by atoms with Gasteiger partial charge in [-0.15, -0.1) is 0 Å². The minimum atomic E-state index is -0.395. The summed E-state index contributed by atoms with van der Waals surface area (Å²) >= 11 is 3.33. The van der Waals surface area contributed by atoms with E-state index in [1.165, 1.54) is 38.3 Å². The van der Waals surface area contributed by atoms with Crippen molar-refractivity contribution in [3.05, 3.63) is 27.0 Å². The number of halogens is 1. The molecule has 0 atom stereocenters. The highest BCUT2D eigenvalue weighted by Gasteiger charge is 2.22. The van der Waals surface area contributed by atoms with Crippen LogP contribution in [0.4, 0.5) is 11.4 Å². The van der Waals surface area contributed by atoms with Gasteiger partial charge in [0, 0.05) is 12.7 Å². The Balaban J connectivity index is 1.96. The highest BCUT2D eigenvalue weighted by Crippen LogP contribution is 2.34. The molecule has 0 saturated heterocycles. The number of rotatable bonds is 5. The van der Waals surface area contributed by atoms with Crippen LogP contribution in [0.5, 0.6) is 0 Å². The zero-order valence-electron chi connectivity index (χ0n) is 11.6. The van der Waals surface area contributed by atoms with E-state index in [4.69, 9.17) is 0 Å². The maximum absolute atomic E-state index is 11.0. The molecule has 0 amide bonds. The zero-order valence-corrected chi connectivity index (χ0v) is 13.2. The second-order valence-corrected chi connectivity index (χ2v) is 6.30. The third kappa shape index (κ3) is 3.69. The van der Waals surface area contributed by atoms with Gasteiger partial charge in [-0.2, -0.15) is 0 Å². The monoisotopic (exact) mass is 341 g/mol. The van der Waals surface area contributed by atoms with Crippen LogP contribution in [-0.4, -0.2) is 16.5 Å². The maximum Gasteiger partial charge on any atom is 0.311 e. The van der Waals surface area contributed by atoms with E-state index in [0.29, 0.717) is 16.1 Å². The van der Waals surface area contributed by atoms with Gasteiger partial charge < -0.3 is 5.32 Å². The number of nitro groups is 1. The van der Waals surface area contributed by atoms with Gasteiger partial charge in [-0.3, -0.25) is 15.1 Å². The Labute approximate surface area is 127 Å². The summed E-state index contributed by atoms with van der Waals surface area (Å²) in [6, 6.07) is 0.